The zero-order valence-electron chi connectivity index (χ0n) is 23.6. The highest BCUT2D eigenvalue weighted by atomic mass is 31.2. The Bertz CT molecular complexity index is 2290. The maximum absolute atomic E-state index is 14.2. The van der Waals surface area contributed by atoms with Gasteiger partial charge in [0, 0.05) is 10.6 Å². The molecule has 1 atom stereocenters. The molecule has 0 N–H and O–H groups in total. The van der Waals surface area contributed by atoms with Crippen LogP contribution in [-0.2, 0) is 4.57 Å². The monoisotopic (exact) mass is 567 g/mol. The predicted molar refractivity (Wildman–Crippen MR) is 181 cm³/mol. The van der Waals surface area contributed by atoms with E-state index in [-0.39, 0.29) is 0 Å². The van der Waals surface area contributed by atoms with Crippen LogP contribution in [0.4, 0.5) is 0 Å². The van der Waals surface area contributed by atoms with E-state index in [1.165, 1.54) is 32.7 Å². The standard InChI is InChI=1S/C40H26NOP/c1-43(42)37-16-7-6-11-31(37)32-22-21-30(24-38(32)43)40-35-14-4-2-12-33(35)39(34-13-3-5-15-36(34)40)28-19-17-27(18-20-28)29-10-8-9-26(23-29)25-41/h2-24H,1H3. The zero-order valence-corrected chi connectivity index (χ0v) is 24.5. The number of benzene rings is 7. The van der Waals surface area contributed by atoms with Crippen molar-refractivity contribution >= 4 is 39.3 Å². The minimum absolute atomic E-state index is 0.656. The van der Waals surface area contributed by atoms with Crippen LogP contribution in [0.25, 0.3) is 66.1 Å². The summed E-state index contributed by atoms with van der Waals surface area (Å²) in [6.45, 7) is 1.90. The Kier molecular flexibility index (Phi) is 5.73. The van der Waals surface area contributed by atoms with Crippen molar-refractivity contribution in [3.63, 3.8) is 0 Å². The van der Waals surface area contributed by atoms with Gasteiger partial charge in [0.1, 0.15) is 7.14 Å². The number of hydrogen-bond acceptors (Lipinski definition) is 2. The fourth-order valence-corrected chi connectivity index (χ4v) is 9.14. The fraction of sp³-hybridized carbons (Fsp3) is 0.0250. The van der Waals surface area contributed by atoms with Gasteiger partial charge in [0.15, 0.2) is 0 Å². The van der Waals surface area contributed by atoms with Gasteiger partial charge in [0.2, 0.25) is 0 Å². The molecule has 1 aliphatic heterocycles. The lowest BCUT2D eigenvalue weighted by Gasteiger charge is -2.19. The number of rotatable bonds is 3. The highest BCUT2D eigenvalue weighted by Crippen LogP contribution is 2.51. The van der Waals surface area contributed by atoms with Gasteiger partial charge < -0.3 is 4.57 Å². The summed E-state index contributed by atoms with van der Waals surface area (Å²) in [6.07, 6.45) is 0. The lowest BCUT2D eigenvalue weighted by molar-refractivity contribution is 0.591. The summed E-state index contributed by atoms with van der Waals surface area (Å²) >= 11 is 0. The summed E-state index contributed by atoms with van der Waals surface area (Å²) in [5.41, 5.74) is 9.52. The van der Waals surface area contributed by atoms with E-state index in [1.54, 1.807) is 0 Å². The van der Waals surface area contributed by atoms with E-state index in [0.717, 1.165) is 44.0 Å². The maximum Gasteiger partial charge on any atom is 0.141 e. The number of nitrogens with zero attached hydrogens (tertiary/aromatic N) is 1. The molecule has 0 spiro atoms. The third-order valence-corrected chi connectivity index (χ3v) is 11.4. The Morgan fingerprint density at radius 1 is 0.488 bits per heavy atom. The Morgan fingerprint density at radius 2 is 1.02 bits per heavy atom. The molecule has 1 aliphatic rings. The Morgan fingerprint density at radius 3 is 1.67 bits per heavy atom. The van der Waals surface area contributed by atoms with E-state index in [4.69, 9.17) is 0 Å². The van der Waals surface area contributed by atoms with Crippen molar-refractivity contribution in [2.45, 2.75) is 0 Å². The highest BCUT2D eigenvalue weighted by Gasteiger charge is 2.34. The van der Waals surface area contributed by atoms with Crippen molar-refractivity contribution in [1.82, 2.24) is 0 Å². The fourth-order valence-electron chi connectivity index (χ4n) is 6.82. The molecule has 0 aliphatic carbocycles. The molecular weight excluding hydrogens is 541 g/mol. The lowest BCUT2D eigenvalue weighted by Crippen LogP contribution is -2.08. The van der Waals surface area contributed by atoms with Crippen LogP contribution in [0.5, 0.6) is 0 Å². The Balaban J connectivity index is 1.34. The first-order chi connectivity index (χ1) is 21.0. The van der Waals surface area contributed by atoms with Gasteiger partial charge >= 0.3 is 0 Å². The number of fused-ring (bicyclic) bond motifs is 5. The molecule has 7 aromatic carbocycles. The minimum atomic E-state index is -2.70. The van der Waals surface area contributed by atoms with Crippen molar-refractivity contribution in [2.75, 3.05) is 6.66 Å². The molecule has 1 heterocycles. The van der Waals surface area contributed by atoms with Crippen LogP contribution in [0.2, 0.25) is 0 Å². The molecule has 0 fully saturated rings. The van der Waals surface area contributed by atoms with Gasteiger partial charge in [0.25, 0.3) is 0 Å². The van der Waals surface area contributed by atoms with E-state index >= 15 is 0 Å². The molecule has 43 heavy (non-hydrogen) atoms. The quantitative estimate of drug-likeness (QED) is 0.158. The van der Waals surface area contributed by atoms with E-state index in [2.05, 4.69) is 103 Å². The van der Waals surface area contributed by atoms with Crippen molar-refractivity contribution in [3.05, 3.63) is 145 Å². The van der Waals surface area contributed by atoms with E-state index in [9.17, 15) is 9.83 Å². The normalized spacial score (nSPS) is 15.3. The van der Waals surface area contributed by atoms with Crippen LogP contribution in [0.1, 0.15) is 5.56 Å². The van der Waals surface area contributed by atoms with Crippen LogP contribution in [0.15, 0.2) is 140 Å². The van der Waals surface area contributed by atoms with Gasteiger partial charge in [-0.2, -0.15) is 5.26 Å². The summed E-state index contributed by atoms with van der Waals surface area (Å²) in [6, 6.07) is 50.5. The topological polar surface area (TPSA) is 40.9 Å². The second-order valence-corrected chi connectivity index (χ2v) is 14.1. The summed E-state index contributed by atoms with van der Waals surface area (Å²) in [7, 11) is -2.70. The SMILES string of the molecule is CP1(=O)c2ccccc2-c2ccc(-c3c4ccccc4c(-c4ccc(-c5cccc(C#N)c5)cc4)c4ccccc34)cc21. The molecule has 0 aromatic heterocycles. The second-order valence-electron chi connectivity index (χ2n) is 11.3. The number of nitriles is 1. The third kappa shape index (κ3) is 3.90. The second kappa shape index (κ2) is 9.67. The van der Waals surface area contributed by atoms with Crippen LogP contribution in [-0.4, -0.2) is 6.66 Å². The first kappa shape index (κ1) is 25.5. The van der Waals surface area contributed by atoms with Crippen LogP contribution in [0, 0.1) is 11.3 Å². The van der Waals surface area contributed by atoms with Gasteiger partial charge in [-0.05, 0) is 90.9 Å². The molecule has 3 heteroatoms. The van der Waals surface area contributed by atoms with Crippen LogP contribution in [0.3, 0.4) is 0 Å². The minimum Gasteiger partial charge on any atom is -0.314 e. The molecule has 0 saturated heterocycles. The van der Waals surface area contributed by atoms with Crippen LogP contribution >= 0.6 is 7.14 Å². The van der Waals surface area contributed by atoms with Gasteiger partial charge in [-0.1, -0.05) is 121 Å². The summed E-state index contributed by atoms with van der Waals surface area (Å²) in [4.78, 5) is 0. The Labute approximate surface area is 250 Å². The molecule has 0 radical (unpaired) electrons. The van der Waals surface area contributed by atoms with Crippen molar-refractivity contribution in [3.8, 4) is 50.6 Å². The molecule has 0 amide bonds. The van der Waals surface area contributed by atoms with Gasteiger partial charge in [-0.15, -0.1) is 0 Å². The molecular formula is C40H26NOP. The maximum atomic E-state index is 14.2. The van der Waals surface area contributed by atoms with E-state index in [0.29, 0.717) is 5.56 Å². The highest BCUT2D eigenvalue weighted by molar-refractivity contribution is 7.79. The van der Waals surface area contributed by atoms with Crippen LogP contribution < -0.4 is 10.6 Å². The summed E-state index contributed by atoms with van der Waals surface area (Å²) < 4.78 is 14.2. The lowest BCUT2D eigenvalue weighted by atomic mass is 9.85. The van der Waals surface area contributed by atoms with Crippen molar-refractivity contribution in [1.29, 1.82) is 5.26 Å². The van der Waals surface area contributed by atoms with Crippen molar-refractivity contribution in [2.24, 2.45) is 0 Å². The molecule has 202 valence electrons. The van der Waals surface area contributed by atoms with E-state index in [1.807, 2.05) is 49.1 Å². The van der Waals surface area contributed by atoms with Gasteiger partial charge in [0.05, 0.1) is 11.6 Å². The smallest absolute Gasteiger partial charge is 0.141 e. The third-order valence-electron chi connectivity index (χ3n) is 8.83. The first-order valence-electron chi connectivity index (χ1n) is 14.4. The van der Waals surface area contributed by atoms with Gasteiger partial charge in [-0.3, -0.25) is 0 Å². The predicted octanol–water partition coefficient (Wildman–Crippen LogP) is 9.79. The zero-order chi connectivity index (χ0) is 29.1. The summed E-state index contributed by atoms with van der Waals surface area (Å²) in [5, 5.41) is 16.0. The molecule has 0 bridgehead atoms. The first-order valence-corrected chi connectivity index (χ1v) is 16.6. The van der Waals surface area contributed by atoms with Crippen molar-refractivity contribution < 1.29 is 4.57 Å². The number of hydrogen-bond donors (Lipinski definition) is 0. The van der Waals surface area contributed by atoms with E-state index < -0.39 is 7.14 Å². The molecule has 8 rings (SSSR count). The Hall–Kier alpha value is -5.22. The molecule has 7 aromatic rings. The molecule has 1 unspecified atom stereocenters. The van der Waals surface area contributed by atoms with Gasteiger partial charge in [-0.25, -0.2) is 0 Å². The molecule has 0 saturated carbocycles. The average molecular weight is 568 g/mol. The molecule has 2 nitrogen and oxygen atoms in total. The average Bonchev–Trinajstić information content (AvgIpc) is 3.29. The summed E-state index contributed by atoms with van der Waals surface area (Å²) in [5.74, 6) is 0. The largest absolute Gasteiger partial charge is 0.314 e.